The first-order chi connectivity index (χ1) is 19.8. The smallest absolute Gasteiger partial charge is 0.322 e. The molecule has 2 saturated heterocycles. The minimum atomic E-state index is -0.434. The molecule has 2 N–H and O–H groups in total. The van der Waals surface area contributed by atoms with Crippen LogP contribution in [0, 0.1) is 5.92 Å². The number of nitrogens with zero attached hydrogens (tertiary/aromatic N) is 6. The van der Waals surface area contributed by atoms with Gasteiger partial charge in [0.25, 0.3) is 5.91 Å². The van der Waals surface area contributed by atoms with E-state index in [1.807, 2.05) is 24.4 Å². The van der Waals surface area contributed by atoms with E-state index in [4.69, 9.17) is 14.7 Å². The normalized spacial score (nSPS) is 18.4. The van der Waals surface area contributed by atoms with E-state index in [1.165, 1.54) is 11.0 Å². The average Bonchev–Trinajstić information content (AvgIpc) is 3.42. The Morgan fingerprint density at radius 3 is 2.76 bits per heavy atom. The van der Waals surface area contributed by atoms with Gasteiger partial charge in [0.1, 0.15) is 6.10 Å². The van der Waals surface area contributed by atoms with Crippen molar-refractivity contribution in [2.24, 2.45) is 5.92 Å². The van der Waals surface area contributed by atoms with Gasteiger partial charge in [-0.15, -0.1) is 0 Å². The third-order valence-corrected chi connectivity index (χ3v) is 7.82. The van der Waals surface area contributed by atoms with E-state index in [0.717, 1.165) is 56.4 Å². The quantitative estimate of drug-likeness (QED) is 0.380. The average molecular weight is 561 g/mol. The van der Waals surface area contributed by atoms with Crippen LogP contribution in [-0.2, 0) is 16.1 Å². The van der Waals surface area contributed by atoms with E-state index in [9.17, 15) is 9.59 Å². The molecule has 2 aliphatic rings. The Morgan fingerprint density at radius 1 is 1.24 bits per heavy atom. The standard InChI is InChI=1S/C30H40N8O3/c1-5-26(39)37(28(40)22-9-7-13-31-18-22)23-10-6-8-21(16-23)17-32-29-35-30(41-24-11-14-36(4)15-12-24)34-27-25(20(2)3)19-33-38(27)29/h5-6,8,10,16,19-20,22,24,31H,1,7,9,11-15,17-18H2,2-4H3,(H,32,34,35). The van der Waals surface area contributed by atoms with Gasteiger partial charge in [-0.2, -0.15) is 19.6 Å². The summed E-state index contributed by atoms with van der Waals surface area (Å²) in [5.74, 6) is -0.150. The fourth-order valence-electron chi connectivity index (χ4n) is 5.39. The van der Waals surface area contributed by atoms with Crippen molar-refractivity contribution in [3.8, 4) is 6.01 Å². The molecule has 0 aliphatic carbocycles. The number of piperidine rings is 2. The van der Waals surface area contributed by atoms with Crippen molar-refractivity contribution in [3.05, 3.63) is 54.2 Å². The lowest BCUT2D eigenvalue weighted by Gasteiger charge is -2.28. The van der Waals surface area contributed by atoms with Gasteiger partial charge in [-0.1, -0.05) is 32.6 Å². The number of imide groups is 1. The van der Waals surface area contributed by atoms with Crippen molar-refractivity contribution in [1.29, 1.82) is 0 Å². The maximum atomic E-state index is 13.4. The minimum Gasteiger partial charge on any atom is -0.460 e. The highest BCUT2D eigenvalue weighted by Crippen LogP contribution is 2.26. The number of hydrogen-bond acceptors (Lipinski definition) is 9. The Morgan fingerprint density at radius 2 is 2.05 bits per heavy atom. The summed E-state index contributed by atoms with van der Waals surface area (Å²) in [4.78, 5) is 39.1. The topological polar surface area (TPSA) is 117 Å². The van der Waals surface area contributed by atoms with Gasteiger partial charge in [0, 0.05) is 31.7 Å². The van der Waals surface area contributed by atoms with Gasteiger partial charge in [0.05, 0.1) is 17.8 Å². The van der Waals surface area contributed by atoms with Crippen LogP contribution >= 0.6 is 0 Å². The van der Waals surface area contributed by atoms with E-state index < -0.39 is 5.91 Å². The fourth-order valence-corrected chi connectivity index (χ4v) is 5.39. The highest BCUT2D eigenvalue weighted by Gasteiger charge is 2.30. The van der Waals surface area contributed by atoms with Crippen molar-refractivity contribution < 1.29 is 14.3 Å². The van der Waals surface area contributed by atoms with Crippen molar-refractivity contribution in [2.45, 2.75) is 58.1 Å². The van der Waals surface area contributed by atoms with E-state index in [-0.39, 0.29) is 23.8 Å². The van der Waals surface area contributed by atoms with Crippen LogP contribution in [0.3, 0.4) is 0 Å². The molecule has 1 unspecified atom stereocenters. The summed E-state index contributed by atoms with van der Waals surface area (Å²) in [7, 11) is 2.12. The number of anilines is 2. The number of amides is 2. The molecule has 41 heavy (non-hydrogen) atoms. The van der Waals surface area contributed by atoms with Crippen LogP contribution in [0.1, 0.15) is 56.6 Å². The first-order valence-corrected chi connectivity index (χ1v) is 14.5. The molecule has 1 atom stereocenters. The molecular weight excluding hydrogens is 520 g/mol. The lowest BCUT2D eigenvalue weighted by Crippen LogP contribution is -2.45. The summed E-state index contributed by atoms with van der Waals surface area (Å²) in [5.41, 5.74) is 3.12. The Hall–Kier alpha value is -3.83. The first kappa shape index (κ1) is 28.7. The van der Waals surface area contributed by atoms with E-state index in [0.29, 0.717) is 36.4 Å². The van der Waals surface area contributed by atoms with Gasteiger partial charge in [0.2, 0.25) is 11.9 Å². The highest BCUT2D eigenvalue weighted by atomic mass is 16.5. The number of likely N-dealkylation sites (tertiary alicyclic amines) is 1. The van der Waals surface area contributed by atoms with Crippen LogP contribution in [0.5, 0.6) is 6.01 Å². The fraction of sp³-hybridized carbons (Fsp3) is 0.500. The number of carbonyl (C=O) groups is 2. The molecule has 2 fully saturated rings. The van der Waals surface area contributed by atoms with Crippen LogP contribution in [0.25, 0.3) is 5.65 Å². The van der Waals surface area contributed by atoms with Gasteiger partial charge < -0.3 is 20.3 Å². The van der Waals surface area contributed by atoms with Gasteiger partial charge in [-0.3, -0.25) is 9.59 Å². The number of ether oxygens (including phenoxy) is 1. The predicted octanol–water partition coefficient (Wildman–Crippen LogP) is 3.38. The summed E-state index contributed by atoms with van der Waals surface area (Å²) < 4.78 is 7.96. The maximum Gasteiger partial charge on any atom is 0.322 e. The van der Waals surface area contributed by atoms with Gasteiger partial charge in [-0.05, 0) is 69.0 Å². The number of nitrogens with one attached hydrogen (secondary N) is 2. The van der Waals surface area contributed by atoms with Crippen LogP contribution in [-0.4, -0.2) is 75.6 Å². The van der Waals surface area contributed by atoms with Crippen LogP contribution in [0.2, 0.25) is 0 Å². The minimum absolute atomic E-state index is 0.0638. The van der Waals surface area contributed by atoms with Crippen LogP contribution in [0.15, 0.2) is 43.1 Å². The summed E-state index contributed by atoms with van der Waals surface area (Å²) in [6.07, 6.45) is 6.57. The van der Waals surface area contributed by atoms with Crippen molar-refractivity contribution >= 4 is 29.1 Å². The second-order valence-electron chi connectivity index (χ2n) is 11.2. The zero-order chi connectivity index (χ0) is 28.9. The number of carbonyl (C=O) groups excluding carboxylic acids is 2. The molecule has 0 saturated carbocycles. The monoisotopic (exact) mass is 560 g/mol. The third-order valence-electron chi connectivity index (χ3n) is 7.82. The molecule has 1 aromatic carbocycles. The molecule has 0 spiro atoms. The molecular formula is C30H40N8O3. The van der Waals surface area contributed by atoms with Crippen LogP contribution in [0.4, 0.5) is 11.6 Å². The second-order valence-corrected chi connectivity index (χ2v) is 11.2. The van der Waals surface area contributed by atoms with E-state index >= 15 is 0 Å². The lowest BCUT2D eigenvalue weighted by molar-refractivity contribution is -0.127. The second kappa shape index (κ2) is 12.8. The zero-order valence-electron chi connectivity index (χ0n) is 24.2. The third kappa shape index (κ3) is 6.57. The van der Waals surface area contributed by atoms with Gasteiger partial charge in [0.15, 0.2) is 5.65 Å². The Balaban J connectivity index is 1.39. The summed E-state index contributed by atoms with van der Waals surface area (Å²) >= 11 is 0. The molecule has 0 radical (unpaired) electrons. The number of fused-ring (bicyclic) bond motifs is 1. The Bertz CT molecular complexity index is 1390. The van der Waals surface area contributed by atoms with E-state index in [1.54, 1.807) is 10.6 Å². The Kier molecular flexibility index (Phi) is 8.94. The summed E-state index contributed by atoms with van der Waals surface area (Å²) in [6.45, 7) is 11.6. The number of benzene rings is 1. The number of hydrogen-bond donors (Lipinski definition) is 2. The molecule has 218 valence electrons. The molecule has 4 heterocycles. The largest absolute Gasteiger partial charge is 0.460 e. The maximum absolute atomic E-state index is 13.4. The first-order valence-electron chi connectivity index (χ1n) is 14.5. The van der Waals surface area contributed by atoms with Crippen molar-refractivity contribution in [2.75, 3.05) is 43.4 Å². The summed E-state index contributed by atoms with van der Waals surface area (Å²) in [5, 5.41) is 11.2. The van der Waals surface area contributed by atoms with Gasteiger partial charge in [-0.25, -0.2) is 4.90 Å². The molecule has 0 bridgehead atoms. The van der Waals surface area contributed by atoms with Crippen LogP contribution < -0.4 is 20.3 Å². The molecule has 5 rings (SSSR count). The van der Waals surface area contributed by atoms with Crippen molar-refractivity contribution in [1.82, 2.24) is 29.8 Å². The van der Waals surface area contributed by atoms with Crippen molar-refractivity contribution in [3.63, 3.8) is 0 Å². The Labute approximate surface area is 241 Å². The zero-order valence-corrected chi connectivity index (χ0v) is 24.2. The van der Waals surface area contributed by atoms with Gasteiger partial charge >= 0.3 is 6.01 Å². The predicted molar refractivity (Wildman–Crippen MR) is 158 cm³/mol. The molecule has 2 aliphatic heterocycles. The summed E-state index contributed by atoms with van der Waals surface area (Å²) in [6, 6.07) is 7.74. The molecule has 2 amide bonds. The molecule has 2 aromatic heterocycles. The SMILES string of the molecule is C=CC(=O)N(C(=O)C1CCCNC1)c1cccc(CNc2nc(OC3CCN(C)CC3)nc3c(C(C)C)cnn23)c1. The lowest BCUT2D eigenvalue weighted by atomic mass is 9.97. The number of aromatic nitrogens is 4. The highest BCUT2D eigenvalue weighted by molar-refractivity contribution is 6.19. The number of rotatable bonds is 9. The van der Waals surface area contributed by atoms with E-state index in [2.05, 4.69) is 48.1 Å². The molecule has 11 heteroatoms. The molecule has 3 aromatic rings. The molecule has 11 nitrogen and oxygen atoms in total.